The fraction of sp³-hybridized carbons (Fsp3) is 0.778. The molecule has 0 saturated heterocycles. The van der Waals surface area contributed by atoms with E-state index in [0.717, 1.165) is 9.35 Å². The van der Waals surface area contributed by atoms with Crippen LogP contribution in [0.4, 0.5) is 0 Å². The number of hydrogen-bond acceptors (Lipinski definition) is 6. The zero-order valence-electron chi connectivity index (χ0n) is 9.14. The topological polar surface area (TPSA) is 55.2 Å². The van der Waals surface area contributed by atoms with Gasteiger partial charge in [-0.2, -0.15) is 0 Å². The Morgan fingerprint density at radius 2 is 2.20 bits per heavy atom. The number of aliphatic hydroxyl groups is 1. The summed E-state index contributed by atoms with van der Waals surface area (Å²) >= 11 is 3.06. The minimum absolute atomic E-state index is 0.161. The number of aromatic nitrogens is 2. The molecular weight excluding hydrogens is 232 g/mol. The third kappa shape index (κ3) is 5.46. The van der Waals surface area contributed by atoms with Crippen LogP contribution < -0.4 is 0 Å². The molecule has 86 valence electrons. The fourth-order valence-corrected chi connectivity index (χ4v) is 2.60. The van der Waals surface area contributed by atoms with Gasteiger partial charge in [0.15, 0.2) is 4.34 Å². The van der Waals surface area contributed by atoms with E-state index in [1.807, 2.05) is 20.8 Å². The van der Waals surface area contributed by atoms with Crippen molar-refractivity contribution in [3.05, 3.63) is 5.01 Å². The molecule has 0 aromatic carbocycles. The first-order valence-corrected chi connectivity index (χ1v) is 6.60. The molecule has 1 atom stereocenters. The molecule has 1 unspecified atom stereocenters. The molecule has 0 saturated carbocycles. The van der Waals surface area contributed by atoms with Gasteiger partial charge in [-0.25, -0.2) is 0 Å². The van der Waals surface area contributed by atoms with Crippen LogP contribution in [0.2, 0.25) is 0 Å². The van der Waals surface area contributed by atoms with E-state index < -0.39 is 6.10 Å². The molecule has 1 rings (SSSR count). The standard InChI is InChI=1S/C9H16N2O2S2/c1-6(2)13-4-8(12)5-14-9-11-10-7(3)15-9/h6,8,12H,4-5H2,1-3H3. The number of aliphatic hydroxyl groups excluding tert-OH is 1. The Labute approximate surface area is 98.1 Å². The third-order valence-corrected chi connectivity index (χ3v) is 3.65. The van der Waals surface area contributed by atoms with Gasteiger partial charge in [-0.1, -0.05) is 23.1 Å². The van der Waals surface area contributed by atoms with Gasteiger partial charge in [-0.05, 0) is 20.8 Å². The van der Waals surface area contributed by atoms with Gasteiger partial charge in [-0.15, -0.1) is 10.2 Å². The Kier molecular flexibility index (Phi) is 5.52. The number of rotatable bonds is 6. The van der Waals surface area contributed by atoms with E-state index in [9.17, 15) is 5.11 Å². The number of ether oxygens (including phenoxy) is 1. The average molecular weight is 248 g/mol. The number of thioether (sulfide) groups is 1. The molecule has 0 aliphatic carbocycles. The van der Waals surface area contributed by atoms with Crippen LogP contribution in [0.15, 0.2) is 4.34 Å². The summed E-state index contributed by atoms with van der Waals surface area (Å²) in [7, 11) is 0. The summed E-state index contributed by atoms with van der Waals surface area (Å²) in [6.07, 6.45) is -0.282. The van der Waals surface area contributed by atoms with E-state index in [2.05, 4.69) is 10.2 Å². The van der Waals surface area contributed by atoms with Crippen LogP contribution in [0.5, 0.6) is 0 Å². The lowest BCUT2D eigenvalue weighted by atomic mass is 10.4. The Morgan fingerprint density at radius 1 is 1.47 bits per heavy atom. The molecule has 1 heterocycles. The maximum atomic E-state index is 9.58. The molecule has 0 aliphatic rings. The zero-order valence-corrected chi connectivity index (χ0v) is 10.8. The van der Waals surface area contributed by atoms with E-state index in [0.29, 0.717) is 12.4 Å². The summed E-state index contributed by atoms with van der Waals surface area (Å²) in [5.41, 5.74) is 0. The summed E-state index contributed by atoms with van der Waals surface area (Å²) in [6, 6.07) is 0. The molecule has 0 fully saturated rings. The summed E-state index contributed by atoms with van der Waals surface area (Å²) in [4.78, 5) is 0. The van der Waals surface area contributed by atoms with Crippen molar-refractivity contribution >= 4 is 23.1 Å². The molecule has 1 aromatic heterocycles. The van der Waals surface area contributed by atoms with Crippen molar-refractivity contribution in [2.45, 2.75) is 37.3 Å². The van der Waals surface area contributed by atoms with E-state index in [-0.39, 0.29) is 6.10 Å². The maximum absolute atomic E-state index is 9.58. The molecule has 1 aromatic rings. The van der Waals surface area contributed by atoms with Crippen molar-refractivity contribution in [3.8, 4) is 0 Å². The van der Waals surface area contributed by atoms with Crippen molar-refractivity contribution in [1.29, 1.82) is 0 Å². The first-order chi connectivity index (χ1) is 7.08. The lowest BCUT2D eigenvalue weighted by Crippen LogP contribution is -2.20. The molecule has 0 amide bonds. The summed E-state index contributed by atoms with van der Waals surface area (Å²) in [5, 5.41) is 18.4. The van der Waals surface area contributed by atoms with Gasteiger partial charge in [0.1, 0.15) is 5.01 Å². The fourth-order valence-electron chi connectivity index (χ4n) is 0.856. The monoisotopic (exact) mass is 248 g/mol. The van der Waals surface area contributed by atoms with E-state index in [1.165, 1.54) is 11.8 Å². The summed E-state index contributed by atoms with van der Waals surface area (Å²) in [6.45, 7) is 6.20. The van der Waals surface area contributed by atoms with Gasteiger partial charge in [0.25, 0.3) is 0 Å². The highest BCUT2D eigenvalue weighted by Gasteiger charge is 2.08. The molecule has 0 radical (unpaired) electrons. The second-order valence-corrected chi connectivity index (χ2v) is 5.88. The Morgan fingerprint density at radius 3 is 2.73 bits per heavy atom. The highest BCUT2D eigenvalue weighted by molar-refractivity contribution is 8.01. The van der Waals surface area contributed by atoms with Gasteiger partial charge in [0.05, 0.1) is 18.8 Å². The van der Waals surface area contributed by atoms with Gasteiger partial charge < -0.3 is 9.84 Å². The van der Waals surface area contributed by atoms with Crippen LogP contribution in [0.25, 0.3) is 0 Å². The van der Waals surface area contributed by atoms with Gasteiger partial charge in [-0.3, -0.25) is 0 Å². The van der Waals surface area contributed by atoms with Gasteiger partial charge in [0.2, 0.25) is 0 Å². The van der Waals surface area contributed by atoms with E-state index in [1.54, 1.807) is 11.3 Å². The minimum atomic E-state index is -0.443. The smallest absolute Gasteiger partial charge is 0.174 e. The van der Waals surface area contributed by atoms with Crippen LogP contribution in [0.3, 0.4) is 0 Å². The number of hydrogen-bond donors (Lipinski definition) is 1. The minimum Gasteiger partial charge on any atom is -0.390 e. The van der Waals surface area contributed by atoms with Crippen molar-refractivity contribution in [3.63, 3.8) is 0 Å². The molecule has 15 heavy (non-hydrogen) atoms. The second-order valence-electron chi connectivity index (χ2n) is 3.43. The Balaban J connectivity index is 2.19. The highest BCUT2D eigenvalue weighted by atomic mass is 32.2. The lowest BCUT2D eigenvalue weighted by molar-refractivity contribution is 0.0152. The van der Waals surface area contributed by atoms with E-state index >= 15 is 0 Å². The van der Waals surface area contributed by atoms with Crippen molar-refractivity contribution < 1.29 is 9.84 Å². The van der Waals surface area contributed by atoms with Gasteiger partial charge >= 0.3 is 0 Å². The van der Waals surface area contributed by atoms with Crippen molar-refractivity contribution in [2.75, 3.05) is 12.4 Å². The normalized spacial score (nSPS) is 13.4. The quantitative estimate of drug-likeness (QED) is 0.777. The predicted octanol–water partition coefficient (Wildman–Crippen LogP) is 1.72. The number of aryl methyl sites for hydroxylation is 1. The second kappa shape index (κ2) is 6.42. The van der Waals surface area contributed by atoms with Crippen LogP contribution in [0, 0.1) is 6.92 Å². The van der Waals surface area contributed by atoms with Crippen LogP contribution in [-0.4, -0.2) is 39.9 Å². The summed E-state index contributed by atoms with van der Waals surface area (Å²) in [5.74, 6) is 0.599. The van der Waals surface area contributed by atoms with E-state index in [4.69, 9.17) is 4.74 Å². The molecule has 4 nitrogen and oxygen atoms in total. The molecular formula is C9H16N2O2S2. The zero-order chi connectivity index (χ0) is 11.3. The lowest BCUT2D eigenvalue weighted by Gasteiger charge is -2.11. The largest absolute Gasteiger partial charge is 0.390 e. The van der Waals surface area contributed by atoms with Crippen LogP contribution >= 0.6 is 23.1 Å². The van der Waals surface area contributed by atoms with Crippen molar-refractivity contribution in [1.82, 2.24) is 10.2 Å². The molecule has 0 bridgehead atoms. The van der Waals surface area contributed by atoms with Crippen LogP contribution in [-0.2, 0) is 4.74 Å². The summed E-state index contributed by atoms with van der Waals surface area (Å²) < 4.78 is 6.20. The highest BCUT2D eigenvalue weighted by Crippen LogP contribution is 2.22. The molecule has 0 aliphatic heterocycles. The third-order valence-electron chi connectivity index (χ3n) is 1.53. The first-order valence-electron chi connectivity index (χ1n) is 4.80. The van der Waals surface area contributed by atoms with Crippen LogP contribution in [0.1, 0.15) is 18.9 Å². The Bertz CT molecular complexity index is 291. The van der Waals surface area contributed by atoms with Gasteiger partial charge in [0, 0.05) is 5.75 Å². The molecule has 6 heteroatoms. The molecule has 1 N–H and O–H groups in total. The Hall–Kier alpha value is -0.170. The van der Waals surface area contributed by atoms with Crippen molar-refractivity contribution in [2.24, 2.45) is 0 Å². The SMILES string of the molecule is Cc1nnc(SCC(O)COC(C)C)s1. The first kappa shape index (κ1) is 12.9. The predicted molar refractivity (Wildman–Crippen MR) is 62.5 cm³/mol. The number of nitrogens with zero attached hydrogens (tertiary/aromatic N) is 2. The molecule has 0 spiro atoms. The average Bonchev–Trinajstić information content (AvgIpc) is 2.58. The maximum Gasteiger partial charge on any atom is 0.174 e.